The van der Waals surface area contributed by atoms with E-state index in [9.17, 15) is 14.0 Å². The summed E-state index contributed by atoms with van der Waals surface area (Å²) in [5.41, 5.74) is 0.683. The summed E-state index contributed by atoms with van der Waals surface area (Å²) in [5.74, 6) is -3.38. The monoisotopic (exact) mass is 236 g/mol. The zero-order valence-corrected chi connectivity index (χ0v) is 8.71. The average molecular weight is 236 g/mol. The second kappa shape index (κ2) is 4.32. The van der Waals surface area contributed by atoms with Gasteiger partial charge < -0.3 is 5.11 Å². The smallest absolute Gasteiger partial charge is 0.321 e. The van der Waals surface area contributed by atoms with Crippen LogP contribution < -0.4 is 0 Å². The fourth-order valence-corrected chi connectivity index (χ4v) is 1.48. The minimum absolute atomic E-state index is 0.138. The number of benzene rings is 1. The molecule has 0 radical (unpaired) electrons. The molecule has 6 heteroatoms. The van der Waals surface area contributed by atoms with E-state index >= 15 is 0 Å². The summed E-state index contributed by atoms with van der Waals surface area (Å²) < 4.78 is 12.7. The number of nitrogens with zero attached hydrogens (tertiary/aromatic N) is 2. The number of aliphatic carboxylic acids is 1. The minimum atomic E-state index is -1.22. The van der Waals surface area contributed by atoms with Gasteiger partial charge in [-0.05, 0) is 17.7 Å². The molecule has 1 atom stereocenters. The number of carbonyl (C=O) groups excluding carboxylic acids is 1. The van der Waals surface area contributed by atoms with Gasteiger partial charge in [0.25, 0.3) is 5.91 Å². The Labute approximate surface area is 96.2 Å². The fourth-order valence-electron chi connectivity index (χ4n) is 1.48. The summed E-state index contributed by atoms with van der Waals surface area (Å²) in [6.07, 6.45) is 1.09. The third kappa shape index (κ3) is 2.30. The second-order valence-electron chi connectivity index (χ2n) is 3.60. The molecule has 0 aromatic heterocycles. The van der Waals surface area contributed by atoms with Gasteiger partial charge >= 0.3 is 5.97 Å². The van der Waals surface area contributed by atoms with Crippen molar-refractivity contribution in [1.82, 2.24) is 5.01 Å². The first-order valence-electron chi connectivity index (χ1n) is 4.90. The minimum Gasteiger partial charge on any atom is -0.480 e. The highest BCUT2D eigenvalue weighted by molar-refractivity contribution is 6.12. The van der Waals surface area contributed by atoms with Gasteiger partial charge in [0.1, 0.15) is 5.82 Å². The van der Waals surface area contributed by atoms with Crippen LogP contribution in [0.25, 0.3) is 0 Å². The molecular weight excluding hydrogens is 227 g/mol. The third-order valence-electron chi connectivity index (χ3n) is 2.39. The number of hydrazone groups is 1. The van der Waals surface area contributed by atoms with Crippen molar-refractivity contribution in [2.45, 2.75) is 6.54 Å². The molecule has 1 heterocycles. The first kappa shape index (κ1) is 11.3. The standard InChI is InChI=1S/C11H9FN2O3/c12-8-3-1-7(2-4-8)6-14-10(15)9(5-13-14)11(16)17/h1-5,9H,6H2,(H,16,17)/t9-/m0/s1. The Morgan fingerprint density at radius 2 is 2.06 bits per heavy atom. The topological polar surface area (TPSA) is 70.0 Å². The molecule has 17 heavy (non-hydrogen) atoms. The molecule has 1 N–H and O–H groups in total. The zero-order chi connectivity index (χ0) is 12.4. The first-order valence-corrected chi connectivity index (χ1v) is 4.90. The molecule has 88 valence electrons. The number of amides is 1. The predicted molar refractivity (Wildman–Crippen MR) is 56.6 cm³/mol. The van der Waals surface area contributed by atoms with Crippen molar-refractivity contribution >= 4 is 18.1 Å². The zero-order valence-electron chi connectivity index (χ0n) is 8.71. The Balaban J connectivity index is 2.07. The molecule has 1 aromatic carbocycles. The Bertz CT molecular complexity index is 484. The van der Waals surface area contributed by atoms with Gasteiger partial charge in [0, 0.05) is 6.21 Å². The predicted octanol–water partition coefficient (Wildman–Crippen LogP) is 0.855. The van der Waals surface area contributed by atoms with E-state index in [0.29, 0.717) is 5.56 Å². The quantitative estimate of drug-likeness (QED) is 0.791. The first-order chi connectivity index (χ1) is 8.08. The number of halogens is 1. The number of hydrogen-bond donors (Lipinski definition) is 1. The van der Waals surface area contributed by atoms with E-state index in [0.717, 1.165) is 11.2 Å². The Kier molecular flexibility index (Phi) is 2.86. The molecule has 5 nitrogen and oxygen atoms in total. The van der Waals surface area contributed by atoms with E-state index < -0.39 is 17.8 Å². The van der Waals surface area contributed by atoms with E-state index in [4.69, 9.17) is 5.11 Å². The van der Waals surface area contributed by atoms with Crippen molar-refractivity contribution in [2.24, 2.45) is 11.0 Å². The third-order valence-corrected chi connectivity index (χ3v) is 2.39. The Morgan fingerprint density at radius 3 is 2.59 bits per heavy atom. The molecule has 0 unspecified atom stereocenters. The van der Waals surface area contributed by atoms with Crippen molar-refractivity contribution in [3.63, 3.8) is 0 Å². The van der Waals surface area contributed by atoms with Crippen LogP contribution in [-0.4, -0.2) is 28.2 Å². The molecule has 0 aliphatic carbocycles. The molecule has 2 rings (SSSR count). The highest BCUT2D eigenvalue weighted by Gasteiger charge is 2.34. The Hall–Kier alpha value is -2.24. The van der Waals surface area contributed by atoms with E-state index in [2.05, 4.69) is 5.10 Å². The van der Waals surface area contributed by atoms with E-state index in [1.54, 1.807) is 0 Å². The molecular formula is C11H9FN2O3. The molecule has 1 amide bonds. The van der Waals surface area contributed by atoms with Gasteiger partial charge in [0.05, 0.1) is 6.54 Å². The molecule has 1 aliphatic heterocycles. The second-order valence-corrected chi connectivity index (χ2v) is 3.60. The lowest BCUT2D eigenvalue weighted by Gasteiger charge is -2.12. The van der Waals surface area contributed by atoms with Crippen LogP contribution in [0.1, 0.15) is 5.56 Å². The van der Waals surface area contributed by atoms with Crippen molar-refractivity contribution in [2.75, 3.05) is 0 Å². The lowest BCUT2D eigenvalue weighted by molar-refractivity contribution is -0.146. The number of carboxylic acids is 1. The number of hydrogen-bond acceptors (Lipinski definition) is 3. The Morgan fingerprint density at radius 1 is 1.41 bits per heavy atom. The molecule has 0 fully saturated rings. The van der Waals surface area contributed by atoms with Crippen LogP contribution in [0.2, 0.25) is 0 Å². The van der Waals surface area contributed by atoms with E-state index in [-0.39, 0.29) is 12.4 Å². The van der Waals surface area contributed by atoms with Gasteiger partial charge in [0.2, 0.25) is 0 Å². The highest BCUT2D eigenvalue weighted by atomic mass is 19.1. The van der Waals surface area contributed by atoms with Gasteiger partial charge in [-0.15, -0.1) is 0 Å². The lowest BCUT2D eigenvalue weighted by atomic mass is 10.1. The maximum absolute atomic E-state index is 12.7. The summed E-state index contributed by atoms with van der Waals surface area (Å²) in [4.78, 5) is 22.2. The van der Waals surface area contributed by atoms with E-state index in [1.165, 1.54) is 24.3 Å². The molecule has 1 aromatic rings. The van der Waals surface area contributed by atoms with Gasteiger partial charge in [-0.2, -0.15) is 5.10 Å². The largest absolute Gasteiger partial charge is 0.480 e. The summed E-state index contributed by atoms with van der Waals surface area (Å²) >= 11 is 0. The number of carboxylic acid groups (broad SMARTS) is 1. The van der Waals surface area contributed by atoms with Gasteiger partial charge in [0.15, 0.2) is 5.92 Å². The molecule has 0 saturated carbocycles. The highest BCUT2D eigenvalue weighted by Crippen LogP contribution is 2.14. The maximum Gasteiger partial charge on any atom is 0.321 e. The molecule has 0 spiro atoms. The fraction of sp³-hybridized carbons (Fsp3) is 0.182. The average Bonchev–Trinajstić information content (AvgIpc) is 2.64. The molecule has 0 bridgehead atoms. The van der Waals surface area contributed by atoms with Crippen molar-refractivity contribution in [1.29, 1.82) is 0 Å². The van der Waals surface area contributed by atoms with Crippen LogP contribution in [0.5, 0.6) is 0 Å². The van der Waals surface area contributed by atoms with Crippen LogP contribution in [0.3, 0.4) is 0 Å². The molecule has 1 aliphatic rings. The maximum atomic E-state index is 12.7. The van der Waals surface area contributed by atoms with Crippen LogP contribution in [0, 0.1) is 11.7 Å². The number of rotatable bonds is 3. The van der Waals surface area contributed by atoms with Crippen LogP contribution in [0.4, 0.5) is 4.39 Å². The van der Waals surface area contributed by atoms with Crippen LogP contribution in [0.15, 0.2) is 29.4 Å². The van der Waals surface area contributed by atoms with Crippen LogP contribution in [-0.2, 0) is 16.1 Å². The van der Waals surface area contributed by atoms with Gasteiger partial charge in [-0.25, -0.2) is 9.40 Å². The van der Waals surface area contributed by atoms with Crippen molar-refractivity contribution in [3.05, 3.63) is 35.6 Å². The normalized spacial score (nSPS) is 18.8. The lowest BCUT2D eigenvalue weighted by Crippen LogP contribution is -2.30. The number of carbonyl (C=O) groups is 2. The van der Waals surface area contributed by atoms with E-state index in [1.807, 2.05) is 0 Å². The molecule has 0 saturated heterocycles. The summed E-state index contributed by atoms with van der Waals surface area (Å²) in [6.45, 7) is 0.138. The summed E-state index contributed by atoms with van der Waals surface area (Å²) in [7, 11) is 0. The summed E-state index contributed by atoms with van der Waals surface area (Å²) in [6, 6.07) is 5.58. The SMILES string of the molecule is O=C(O)[C@H]1C=NN(Cc2ccc(F)cc2)C1=O. The van der Waals surface area contributed by atoms with Crippen molar-refractivity contribution in [3.8, 4) is 0 Å². The summed E-state index contributed by atoms with van der Waals surface area (Å²) in [5, 5.41) is 13.5. The van der Waals surface area contributed by atoms with Crippen molar-refractivity contribution < 1.29 is 19.1 Å². The van der Waals surface area contributed by atoms with Gasteiger partial charge in [-0.1, -0.05) is 12.1 Å². The van der Waals surface area contributed by atoms with Crippen LogP contribution >= 0.6 is 0 Å². The van der Waals surface area contributed by atoms with Gasteiger partial charge in [-0.3, -0.25) is 9.59 Å².